The molecule has 1 heterocycles. The Bertz CT molecular complexity index is 269. The third-order valence-corrected chi connectivity index (χ3v) is 4.44. The molecule has 0 aromatic carbocycles. The lowest BCUT2D eigenvalue weighted by molar-refractivity contribution is -0.119. The van der Waals surface area contributed by atoms with Gasteiger partial charge < -0.3 is 4.90 Å². The molecule has 2 fully saturated rings. The number of rotatable bonds is 2. The van der Waals surface area contributed by atoms with E-state index in [2.05, 4.69) is 11.9 Å². The summed E-state index contributed by atoms with van der Waals surface area (Å²) in [5.74, 6) is 1.81. The third kappa shape index (κ3) is 2.77. The summed E-state index contributed by atoms with van der Waals surface area (Å²) in [4.78, 5) is 14.2. The van der Waals surface area contributed by atoms with Gasteiger partial charge in [0.2, 0.25) is 0 Å². The molecule has 1 saturated heterocycles. The number of hydrogen-bond acceptors (Lipinski definition) is 3. The van der Waals surface area contributed by atoms with E-state index < -0.39 is 0 Å². The summed E-state index contributed by atoms with van der Waals surface area (Å²) in [7, 11) is 2.07. The second-order valence-corrected chi connectivity index (χ2v) is 5.61. The van der Waals surface area contributed by atoms with Crippen LogP contribution in [0.2, 0.25) is 0 Å². The first-order valence-corrected chi connectivity index (χ1v) is 6.85. The molecule has 0 bridgehead atoms. The number of nitrogens with zero attached hydrogens (tertiary/aromatic N) is 1. The molecule has 0 radical (unpaired) electrons. The highest BCUT2D eigenvalue weighted by molar-refractivity contribution is 8.03. The summed E-state index contributed by atoms with van der Waals surface area (Å²) in [5, 5.41) is 1.17. The molecule has 84 valence electrons. The standard InChI is InChI=1S/C12H19NOS/c1-13-7-8-15-12(13)9-11(14)10-5-3-2-4-6-10/h9-10H,2-8H2,1H3. The number of ketones is 1. The fraction of sp³-hybridized carbons (Fsp3) is 0.750. The molecule has 1 aliphatic carbocycles. The van der Waals surface area contributed by atoms with Crippen LogP contribution in [0.5, 0.6) is 0 Å². The van der Waals surface area contributed by atoms with Gasteiger partial charge in [-0.25, -0.2) is 0 Å². The van der Waals surface area contributed by atoms with Crippen LogP contribution in [0.3, 0.4) is 0 Å². The molecular formula is C12H19NOS. The van der Waals surface area contributed by atoms with Gasteiger partial charge in [0.25, 0.3) is 0 Å². The summed E-state index contributed by atoms with van der Waals surface area (Å²) < 4.78 is 0. The summed E-state index contributed by atoms with van der Waals surface area (Å²) >= 11 is 1.81. The monoisotopic (exact) mass is 225 g/mol. The minimum absolute atomic E-state index is 0.320. The quantitative estimate of drug-likeness (QED) is 0.674. The van der Waals surface area contributed by atoms with Gasteiger partial charge in [0.05, 0.1) is 5.03 Å². The number of carbonyl (C=O) groups is 1. The topological polar surface area (TPSA) is 20.3 Å². The summed E-state index contributed by atoms with van der Waals surface area (Å²) in [6, 6.07) is 0. The Morgan fingerprint density at radius 1 is 1.40 bits per heavy atom. The Balaban J connectivity index is 1.95. The minimum Gasteiger partial charge on any atom is -0.368 e. The van der Waals surface area contributed by atoms with Crippen LogP contribution in [0.4, 0.5) is 0 Å². The molecule has 0 aromatic heterocycles. The van der Waals surface area contributed by atoms with Crippen LogP contribution in [-0.4, -0.2) is 30.0 Å². The minimum atomic E-state index is 0.320. The Morgan fingerprint density at radius 3 is 2.73 bits per heavy atom. The molecular weight excluding hydrogens is 206 g/mol. The largest absolute Gasteiger partial charge is 0.368 e. The summed E-state index contributed by atoms with van der Waals surface area (Å²) in [6.45, 7) is 1.08. The van der Waals surface area contributed by atoms with Crippen molar-refractivity contribution in [2.75, 3.05) is 19.3 Å². The first-order chi connectivity index (χ1) is 7.27. The van der Waals surface area contributed by atoms with Crippen LogP contribution < -0.4 is 0 Å². The van der Waals surface area contributed by atoms with Crippen LogP contribution in [0, 0.1) is 5.92 Å². The molecule has 15 heavy (non-hydrogen) atoms. The molecule has 1 saturated carbocycles. The molecule has 2 rings (SSSR count). The lowest BCUT2D eigenvalue weighted by Gasteiger charge is -2.19. The Morgan fingerprint density at radius 2 is 2.13 bits per heavy atom. The lowest BCUT2D eigenvalue weighted by Crippen LogP contribution is -2.18. The molecule has 2 aliphatic rings. The van der Waals surface area contributed by atoms with Crippen LogP contribution >= 0.6 is 11.8 Å². The van der Waals surface area contributed by atoms with Gasteiger partial charge in [0.15, 0.2) is 5.78 Å². The van der Waals surface area contributed by atoms with Gasteiger partial charge in [-0.15, -0.1) is 11.8 Å². The smallest absolute Gasteiger partial charge is 0.161 e. The van der Waals surface area contributed by atoms with Crippen molar-refractivity contribution in [2.24, 2.45) is 5.92 Å². The van der Waals surface area contributed by atoms with Gasteiger partial charge in [-0.05, 0) is 12.8 Å². The summed E-state index contributed by atoms with van der Waals surface area (Å²) in [5.41, 5.74) is 0. The highest BCUT2D eigenvalue weighted by Gasteiger charge is 2.22. The van der Waals surface area contributed by atoms with E-state index in [1.165, 1.54) is 24.3 Å². The van der Waals surface area contributed by atoms with E-state index in [0.29, 0.717) is 11.7 Å². The van der Waals surface area contributed by atoms with Crippen molar-refractivity contribution in [3.63, 3.8) is 0 Å². The highest BCUT2D eigenvalue weighted by Crippen LogP contribution is 2.29. The fourth-order valence-corrected chi connectivity index (χ4v) is 3.37. The predicted molar refractivity (Wildman–Crippen MR) is 64.8 cm³/mol. The fourth-order valence-electron chi connectivity index (χ4n) is 2.29. The lowest BCUT2D eigenvalue weighted by atomic mass is 9.86. The zero-order chi connectivity index (χ0) is 10.7. The number of carbonyl (C=O) groups excluding carboxylic acids is 1. The number of allylic oxidation sites excluding steroid dienone is 1. The van der Waals surface area contributed by atoms with E-state index in [-0.39, 0.29) is 0 Å². The molecule has 0 N–H and O–H groups in total. The predicted octanol–water partition coefficient (Wildman–Crippen LogP) is 2.66. The zero-order valence-electron chi connectivity index (χ0n) is 9.37. The van der Waals surface area contributed by atoms with Crippen molar-refractivity contribution in [1.82, 2.24) is 4.90 Å². The molecule has 0 aromatic rings. The molecule has 0 atom stereocenters. The van der Waals surface area contributed by atoms with Crippen LogP contribution in [0.15, 0.2) is 11.1 Å². The van der Waals surface area contributed by atoms with E-state index >= 15 is 0 Å². The van der Waals surface area contributed by atoms with Crippen molar-refractivity contribution >= 4 is 17.5 Å². The van der Waals surface area contributed by atoms with Crippen LogP contribution in [0.1, 0.15) is 32.1 Å². The van der Waals surface area contributed by atoms with E-state index in [1.54, 1.807) is 0 Å². The van der Waals surface area contributed by atoms with E-state index in [1.807, 2.05) is 17.8 Å². The molecule has 0 spiro atoms. The van der Waals surface area contributed by atoms with Crippen LogP contribution in [-0.2, 0) is 4.79 Å². The first-order valence-electron chi connectivity index (χ1n) is 5.87. The maximum atomic E-state index is 12.0. The van der Waals surface area contributed by atoms with Crippen molar-refractivity contribution in [3.8, 4) is 0 Å². The van der Waals surface area contributed by atoms with Crippen molar-refractivity contribution in [2.45, 2.75) is 32.1 Å². The van der Waals surface area contributed by atoms with Gasteiger partial charge in [0.1, 0.15) is 0 Å². The third-order valence-electron chi connectivity index (χ3n) is 3.33. The maximum Gasteiger partial charge on any atom is 0.161 e. The second kappa shape index (κ2) is 5.06. The normalized spacial score (nSPS) is 26.2. The van der Waals surface area contributed by atoms with Gasteiger partial charge in [-0.1, -0.05) is 19.3 Å². The summed E-state index contributed by atoms with van der Waals surface area (Å²) in [6.07, 6.45) is 7.89. The molecule has 0 unspecified atom stereocenters. The van der Waals surface area contributed by atoms with Crippen molar-refractivity contribution in [1.29, 1.82) is 0 Å². The van der Waals surface area contributed by atoms with Crippen molar-refractivity contribution < 1.29 is 4.79 Å². The van der Waals surface area contributed by atoms with E-state index in [4.69, 9.17) is 0 Å². The van der Waals surface area contributed by atoms with Crippen LogP contribution in [0.25, 0.3) is 0 Å². The van der Waals surface area contributed by atoms with Crippen molar-refractivity contribution in [3.05, 3.63) is 11.1 Å². The first kappa shape index (κ1) is 11.1. The molecule has 3 heteroatoms. The number of hydrogen-bond donors (Lipinski definition) is 0. The van der Waals surface area contributed by atoms with Gasteiger partial charge >= 0.3 is 0 Å². The Kier molecular flexibility index (Phi) is 3.73. The highest BCUT2D eigenvalue weighted by atomic mass is 32.2. The van der Waals surface area contributed by atoms with Gasteiger partial charge in [-0.3, -0.25) is 4.79 Å². The van der Waals surface area contributed by atoms with E-state index in [9.17, 15) is 4.79 Å². The number of thioether (sulfide) groups is 1. The Labute approximate surface area is 96.1 Å². The van der Waals surface area contributed by atoms with E-state index in [0.717, 1.165) is 25.1 Å². The Hall–Kier alpha value is -0.440. The zero-order valence-corrected chi connectivity index (χ0v) is 10.2. The average Bonchev–Trinajstić information content (AvgIpc) is 2.66. The molecule has 1 aliphatic heterocycles. The molecule has 0 amide bonds. The van der Waals surface area contributed by atoms with Gasteiger partial charge in [0, 0.05) is 31.3 Å². The van der Waals surface area contributed by atoms with Gasteiger partial charge in [-0.2, -0.15) is 0 Å². The maximum absolute atomic E-state index is 12.0. The molecule has 2 nitrogen and oxygen atoms in total. The average molecular weight is 225 g/mol. The SMILES string of the molecule is CN1CCSC1=CC(=O)C1CCCCC1. The second-order valence-electron chi connectivity index (χ2n) is 4.49.